The van der Waals surface area contributed by atoms with Crippen molar-refractivity contribution in [3.8, 4) is 0 Å². The van der Waals surface area contributed by atoms with Crippen LogP contribution >= 0.6 is 0 Å². The fraction of sp³-hybridized carbons (Fsp3) is 1.00. The fourth-order valence-electron chi connectivity index (χ4n) is 1.55. The summed E-state index contributed by atoms with van der Waals surface area (Å²) in [5.74, 6) is 0.0636. The number of hydrogen-bond acceptors (Lipinski definition) is 6. The first kappa shape index (κ1) is 20.8. The van der Waals surface area contributed by atoms with Gasteiger partial charge in [0.15, 0.2) is 0 Å². The molecule has 0 atom stereocenters. The molecular formula is C13H29NO6S. The van der Waals surface area contributed by atoms with Crippen LogP contribution in [-0.2, 0) is 29.0 Å². The highest BCUT2D eigenvalue weighted by Gasteiger charge is 2.01. The van der Waals surface area contributed by atoms with Crippen LogP contribution < -0.4 is 5.14 Å². The summed E-state index contributed by atoms with van der Waals surface area (Å²) < 4.78 is 42.2. The Morgan fingerprint density at radius 1 is 0.714 bits per heavy atom. The minimum atomic E-state index is -3.31. The molecule has 128 valence electrons. The van der Waals surface area contributed by atoms with Crippen molar-refractivity contribution in [1.82, 2.24) is 0 Å². The van der Waals surface area contributed by atoms with Crippen LogP contribution in [0.15, 0.2) is 0 Å². The van der Waals surface area contributed by atoms with E-state index in [0.29, 0.717) is 52.7 Å². The van der Waals surface area contributed by atoms with Gasteiger partial charge < -0.3 is 18.9 Å². The largest absolute Gasteiger partial charge is 0.382 e. The van der Waals surface area contributed by atoms with Gasteiger partial charge in [0.1, 0.15) is 0 Å². The second kappa shape index (κ2) is 14.7. The van der Waals surface area contributed by atoms with E-state index in [1.807, 2.05) is 0 Å². The third-order valence-corrected chi connectivity index (χ3v) is 3.50. The zero-order chi connectivity index (χ0) is 15.8. The average Bonchev–Trinajstić information content (AvgIpc) is 2.42. The maximum atomic E-state index is 10.7. The molecule has 0 aliphatic heterocycles. The van der Waals surface area contributed by atoms with Crippen molar-refractivity contribution in [3.05, 3.63) is 0 Å². The van der Waals surface area contributed by atoms with E-state index in [9.17, 15) is 8.42 Å². The number of rotatable bonds is 16. The van der Waals surface area contributed by atoms with Crippen molar-refractivity contribution < 1.29 is 27.4 Å². The molecule has 0 aliphatic carbocycles. The molecule has 0 rings (SSSR count). The van der Waals surface area contributed by atoms with Crippen LogP contribution in [0.3, 0.4) is 0 Å². The molecule has 0 heterocycles. The maximum Gasteiger partial charge on any atom is 0.209 e. The molecule has 0 aromatic heterocycles. The second-order valence-corrected chi connectivity index (χ2v) is 6.35. The Morgan fingerprint density at radius 3 is 1.71 bits per heavy atom. The molecule has 0 aromatic carbocycles. The van der Waals surface area contributed by atoms with Gasteiger partial charge in [-0.05, 0) is 12.8 Å². The van der Waals surface area contributed by atoms with Crippen molar-refractivity contribution >= 4 is 10.0 Å². The Bertz CT molecular complexity index is 310. The van der Waals surface area contributed by atoms with Crippen LogP contribution in [0.5, 0.6) is 0 Å². The topological polar surface area (TPSA) is 97.1 Å². The lowest BCUT2D eigenvalue weighted by atomic mass is 10.2. The summed E-state index contributed by atoms with van der Waals surface area (Å²) in [6.07, 6.45) is 3.34. The Morgan fingerprint density at radius 2 is 1.19 bits per heavy atom. The first-order chi connectivity index (χ1) is 10.1. The number of unbranched alkanes of at least 4 members (excludes halogenated alkanes) is 3. The summed E-state index contributed by atoms with van der Waals surface area (Å²) in [6, 6.07) is 0. The van der Waals surface area contributed by atoms with E-state index in [0.717, 1.165) is 19.3 Å². The van der Waals surface area contributed by atoms with Gasteiger partial charge in [-0.15, -0.1) is 0 Å². The molecular weight excluding hydrogens is 298 g/mol. The average molecular weight is 327 g/mol. The van der Waals surface area contributed by atoms with Gasteiger partial charge in [-0.1, -0.05) is 12.8 Å². The Kier molecular flexibility index (Phi) is 14.5. The van der Waals surface area contributed by atoms with Gasteiger partial charge in [0, 0.05) is 13.7 Å². The molecule has 0 radical (unpaired) electrons. The second-order valence-electron chi connectivity index (χ2n) is 4.61. The van der Waals surface area contributed by atoms with Gasteiger partial charge >= 0.3 is 0 Å². The highest BCUT2D eigenvalue weighted by molar-refractivity contribution is 7.89. The van der Waals surface area contributed by atoms with Crippen molar-refractivity contribution in [2.45, 2.75) is 25.7 Å². The predicted octanol–water partition coefficient (Wildman–Crippen LogP) is 0.532. The highest BCUT2D eigenvalue weighted by atomic mass is 32.2. The number of sulfonamides is 1. The first-order valence-electron chi connectivity index (χ1n) is 7.29. The van der Waals surface area contributed by atoms with Crippen LogP contribution in [-0.4, -0.2) is 67.5 Å². The molecule has 0 bridgehead atoms. The first-order valence-corrected chi connectivity index (χ1v) is 9.00. The summed E-state index contributed by atoms with van der Waals surface area (Å²) >= 11 is 0. The van der Waals surface area contributed by atoms with Gasteiger partial charge in [-0.3, -0.25) is 0 Å². The molecule has 0 fully saturated rings. The predicted molar refractivity (Wildman–Crippen MR) is 80.8 cm³/mol. The smallest absolute Gasteiger partial charge is 0.209 e. The molecule has 0 aromatic rings. The number of ether oxygens (including phenoxy) is 4. The summed E-state index contributed by atoms with van der Waals surface area (Å²) in [6.45, 7) is 4.09. The Labute approximate surface area is 128 Å². The molecule has 0 saturated carbocycles. The van der Waals surface area contributed by atoms with Crippen molar-refractivity contribution in [2.24, 2.45) is 5.14 Å². The maximum absolute atomic E-state index is 10.7. The minimum absolute atomic E-state index is 0.0636. The van der Waals surface area contributed by atoms with Gasteiger partial charge in [-0.2, -0.15) is 0 Å². The molecule has 2 N–H and O–H groups in total. The van der Waals surface area contributed by atoms with E-state index in [-0.39, 0.29) is 5.75 Å². The molecule has 0 amide bonds. The van der Waals surface area contributed by atoms with E-state index < -0.39 is 10.0 Å². The Hall–Kier alpha value is -0.250. The quantitative estimate of drug-likeness (QED) is 0.415. The number of primary sulfonamides is 1. The molecule has 0 aliphatic rings. The van der Waals surface area contributed by atoms with Crippen molar-refractivity contribution in [2.75, 3.05) is 59.1 Å². The molecule has 0 spiro atoms. The standard InChI is InChI=1S/C13H29NO6S/c1-17-7-8-19-11-12-20-10-9-18-6-4-2-3-5-13-21(14,15)16/h2-13H2,1H3,(H2,14,15,16). The molecule has 0 unspecified atom stereocenters. The molecule has 0 saturated heterocycles. The summed E-state index contributed by atoms with van der Waals surface area (Å²) in [5.41, 5.74) is 0. The summed E-state index contributed by atoms with van der Waals surface area (Å²) in [4.78, 5) is 0. The molecule has 7 nitrogen and oxygen atoms in total. The van der Waals surface area contributed by atoms with Gasteiger partial charge in [0.05, 0.1) is 45.4 Å². The number of nitrogens with two attached hydrogens (primary N) is 1. The lowest BCUT2D eigenvalue weighted by Crippen LogP contribution is -2.16. The Balaban J connectivity index is 3.03. The third-order valence-electron chi connectivity index (χ3n) is 2.64. The SMILES string of the molecule is COCCOCCOCCOCCCCCCS(N)(=O)=O. The van der Waals surface area contributed by atoms with Crippen molar-refractivity contribution in [3.63, 3.8) is 0 Å². The zero-order valence-corrected chi connectivity index (χ0v) is 13.7. The van der Waals surface area contributed by atoms with E-state index in [4.69, 9.17) is 24.1 Å². The number of hydrogen-bond donors (Lipinski definition) is 1. The number of methoxy groups -OCH3 is 1. The normalized spacial score (nSPS) is 11.9. The third kappa shape index (κ3) is 19.8. The lowest BCUT2D eigenvalue weighted by Gasteiger charge is -2.06. The van der Waals surface area contributed by atoms with Crippen LogP contribution in [0.25, 0.3) is 0 Å². The highest BCUT2D eigenvalue weighted by Crippen LogP contribution is 2.01. The van der Waals surface area contributed by atoms with E-state index in [1.165, 1.54) is 0 Å². The summed E-state index contributed by atoms with van der Waals surface area (Å²) in [5, 5.41) is 4.91. The van der Waals surface area contributed by atoms with Crippen molar-refractivity contribution in [1.29, 1.82) is 0 Å². The minimum Gasteiger partial charge on any atom is -0.382 e. The van der Waals surface area contributed by atoms with Gasteiger partial charge in [0.25, 0.3) is 0 Å². The van der Waals surface area contributed by atoms with Crippen LogP contribution in [0.2, 0.25) is 0 Å². The zero-order valence-electron chi connectivity index (χ0n) is 12.9. The monoisotopic (exact) mass is 327 g/mol. The van der Waals surface area contributed by atoms with E-state index in [2.05, 4.69) is 0 Å². The lowest BCUT2D eigenvalue weighted by molar-refractivity contribution is 0.00324. The van der Waals surface area contributed by atoms with Crippen LogP contribution in [0, 0.1) is 0 Å². The molecule has 21 heavy (non-hydrogen) atoms. The van der Waals surface area contributed by atoms with E-state index in [1.54, 1.807) is 7.11 Å². The fourth-order valence-corrected chi connectivity index (χ4v) is 2.15. The van der Waals surface area contributed by atoms with Gasteiger partial charge in [-0.25, -0.2) is 13.6 Å². The van der Waals surface area contributed by atoms with E-state index >= 15 is 0 Å². The van der Waals surface area contributed by atoms with Crippen LogP contribution in [0.4, 0.5) is 0 Å². The van der Waals surface area contributed by atoms with Crippen LogP contribution in [0.1, 0.15) is 25.7 Å². The van der Waals surface area contributed by atoms with Gasteiger partial charge in [0.2, 0.25) is 10.0 Å². The summed E-state index contributed by atoms with van der Waals surface area (Å²) in [7, 11) is -1.67. The molecule has 8 heteroatoms.